The van der Waals surface area contributed by atoms with E-state index in [4.69, 9.17) is 4.42 Å². The lowest BCUT2D eigenvalue weighted by Crippen LogP contribution is -2.39. The van der Waals surface area contributed by atoms with Crippen molar-refractivity contribution in [2.45, 2.75) is 51.7 Å². The first-order valence-corrected chi connectivity index (χ1v) is 9.37. The highest BCUT2D eigenvalue weighted by Gasteiger charge is 2.24. The molecular weight excluding hydrogens is 328 g/mol. The fraction of sp³-hybridized carbons (Fsp3) is 0.526. The van der Waals surface area contributed by atoms with Gasteiger partial charge in [-0.3, -0.25) is 9.58 Å². The van der Waals surface area contributed by atoms with Crippen molar-refractivity contribution in [3.63, 3.8) is 0 Å². The van der Waals surface area contributed by atoms with Gasteiger partial charge >= 0.3 is 0 Å². The summed E-state index contributed by atoms with van der Waals surface area (Å²) >= 11 is 0. The lowest BCUT2D eigenvalue weighted by atomic mass is 9.99. The van der Waals surface area contributed by atoms with Crippen LogP contribution < -0.4 is 0 Å². The number of rotatable bonds is 6. The Morgan fingerprint density at radius 3 is 2.92 bits per heavy atom. The van der Waals surface area contributed by atoms with Gasteiger partial charge in [0.15, 0.2) is 0 Å². The number of likely N-dealkylation sites (tertiary alicyclic amines) is 1. The first-order chi connectivity index (χ1) is 12.7. The maximum absolute atomic E-state index is 5.96. The lowest BCUT2D eigenvalue weighted by molar-refractivity contribution is 0.116. The highest BCUT2D eigenvalue weighted by atomic mass is 16.4. The van der Waals surface area contributed by atoms with E-state index >= 15 is 0 Å². The molecule has 7 nitrogen and oxygen atoms in total. The standard InChI is InChI=1S/C19H26N6O/c1-15-7-8-17(23(15)2)19-22-21-18(26-19)14-24-11-4-3-6-16(24)9-13-25-12-5-10-20-25/h5,7-8,10,12,16H,3-4,6,9,11,13-14H2,1-2H3. The number of aryl methyl sites for hydroxylation is 2. The zero-order chi connectivity index (χ0) is 17.9. The van der Waals surface area contributed by atoms with Crippen LogP contribution in [-0.2, 0) is 20.1 Å². The summed E-state index contributed by atoms with van der Waals surface area (Å²) < 4.78 is 10.0. The second-order valence-electron chi connectivity index (χ2n) is 7.10. The van der Waals surface area contributed by atoms with Crippen molar-refractivity contribution < 1.29 is 4.42 Å². The zero-order valence-electron chi connectivity index (χ0n) is 15.5. The van der Waals surface area contributed by atoms with Crippen molar-refractivity contribution >= 4 is 0 Å². The van der Waals surface area contributed by atoms with Gasteiger partial charge in [0.25, 0.3) is 5.89 Å². The molecule has 1 saturated heterocycles. The normalized spacial score (nSPS) is 18.5. The van der Waals surface area contributed by atoms with Crippen molar-refractivity contribution in [3.05, 3.63) is 42.2 Å². The van der Waals surface area contributed by atoms with E-state index < -0.39 is 0 Å². The monoisotopic (exact) mass is 354 g/mol. The fourth-order valence-electron chi connectivity index (χ4n) is 3.73. The van der Waals surface area contributed by atoms with Crippen LogP contribution in [0.25, 0.3) is 11.6 Å². The summed E-state index contributed by atoms with van der Waals surface area (Å²) in [5, 5.41) is 12.9. The molecule has 0 radical (unpaired) electrons. The molecule has 1 aliphatic rings. The quantitative estimate of drug-likeness (QED) is 0.681. The average molecular weight is 354 g/mol. The van der Waals surface area contributed by atoms with Crippen LogP contribution in [0.4, 0.5) is 0 Å². The van der Waals surface area contributed by atoms with Crippen molar-refractivity contribution in [2.24, 2.45) is 7.05 Å². The van der Waals surface area contributed by atoms with E-state index in [9.17, 15) is 0 Å². The molecule has 4 heterocycles. The first kappa shape index (κ1) is 17.0. The van der Waals surface area contributed by atoms with Gasteiger partial charge in [-0.1, -0.05) is 6.42 Å². The minimum atomic E-state index is 0.542. The topological polar surface area (TPSA) is 64.9 Å². The van der Waals surface area contributed by atoms with E-state index in [1.54, 1.807) is 0 Å². The molecule has 0 bridgehead atoms. The van der Waals surface area contributed by atoms with Gasteiger partial charge in [0.2, 0.25) is 5.89 Å². The van der Waals surface area contributed by atoms with E-state index in [1.807, 2.05) is 36.3 Å². The van der Waals surface area contributed by atoms with Gasteiger partial charge in [0, 0.05) is 37.7 Å². The fourth-order valence-corrected chi connectivity index (χ4v) is 3.73. The summed E-state index contributed by atoms with van der Waals surface area (Å²) in [4.78, 5) is 2.49. The molecule has 0 amide bonds. The van der Waals surface area contributed by atoms with Gasteiger partial charge in [-0.15, -0.1) is 10.2 Å². The third kappa shape index (κ3) is 3.58. The maximum Gasteiger partial charge on any atom is 0.264 e. The van der Waals surface area contributed by atoms with Crippen LogP contribution in [-0.4, -0.2) is 42.0 Å². The van der Waals surface area contributed by atoms with Crippen LogP contribution in [0.15, 0.2) is 35.0 Å². The molecule has 0 aliphatic carbocycles. The Morgan fingerprint density at radius 1 is 1.23 bits per heavy atom. The van der Waals surface area contributed by atoms with E-state index in [0.717, 1.165) is 31.7 Å². The molecule has 3 aromatic rings. The number of hydrogen-bond acceptors (Lipinski definition) is 5. The Labute approximate surface area is 153 Å². The number of aromatic nitrogens is 5. The first-order valence-electron chi connectivity index (χ1n) is 9.37. The summed E-state index contributed by atoms with van der Waals surface area (Å²) in [6.07, 6.45) is 8.70. The molecule has 26 heavy (non-hydrogen) atoms. The van der Waals surface area contributed by atoms with Gasteiger partial charge < -0.3 is 8.98 Å². The highest BCUT2D eigenvalue weighted by Crippen LogP contribution is 2.24. The minimum Gasteiger partial charge on any atom is -0.418 e. The summed E-state index contributed by atoms with van der Waals surface area (Å²) in [6.45, 7) is 4.83. The van der Waals surface area contributed by atoms with Gasteiger partial charge in [0.05, 0.1) is 6.54 Å². The summed E-state index contributed by atoms with van der Waals surface area (Å²) in [6, 6.07) is 6.61. The molecule has 3 aromatic heterocycles. The SMILES string of the molecule is Cc1ccc(-c2nnc(CN3CCCCC3CCn3cccn3)o2)n1C. The van der Waals surface area contributed by atoms with Crippen LogP contribution in [0.2, 0.25) is 0 Å². The molecule has 7 heteroatoms. The number of nitrogens with zero attached hydrogens (tertiary/aromatic N) is 6. The molecule has 0 spiro atoms. The summed E-state index contributed by atoms with van der Waals surface area (Å²) in [5.74, 6) is 1.30. The Kier molecular flexibility index (Phi) is 4.88. The number of hydrogen-bond donors (Lipinski definition) is 0. The Morgan fingerprint density at radius 2 is 2.15 bits per heavy atom. The molecule has 1 fully saturated rings. The maximum atomic E-state index is 5.96. The molecule has 1 unspecified atom stereocenters. The van der Waals surface area contributed by atoms with E-state index in [2.05, 4.69) is 37.8 Å². The third-order valence-corrected chi connectivity index (χ3v) is 5.40. The molecule has 0 N–H and O–H groups in total. The van der Waals surface area contributed by atoms with Crippen LogP contribution >= 0.6 is 0 Å². The molecular formula is C19H26N6O. The highest BCUT2D eigenvalue weighted by molar-refractivity contribution is 5.48. The van der Waals surface area contributed by atoms with E-state index in [-0.39, 0.29) is 0 Å². The Balaban J connectivity index is 1.42. The minimum absolute atomic E-state index is 0.542. The summed E-state index contributed by atoms with van der Waals surface area (Å²) in [7, 11) is 2.02. The number of piperidine rings is 1. The predicted molar refractivity (Wildman–Crippen MR) is 98.3 cm³/mol. The van der Waals surface area contributed by atoms with Crippen LogP contribution in [0.3, 0.4) is 0 Å². The van der Waals surface area contributed by atoms with Crippen molar-refractivity contribution in [1.82, 2.24) is 29.4 Å². The predicted octanol–water partition coefficient (Wildman–Crippen LogP) is 3.02. The zero-order valence-corrected chi connectivity index (χ0v) is 15.5. The second-order valence-corrected chi connectivity index (χ2v) is 7.10. The van der Waals surface area contributed by atoms with Gasteiger partial charge in [-0.2, -0.15) is 5.10 Å². The largest absolute Gasteiger partial charge is 0.418 e. The smallest absolute Gasteiger partial charge is 0.264 e. The van der Waals surface area contributed by atoms with E-state index in [1.165, 1.54) is 25.0 Å². The molecule has 0 aromatic carbocycles. The molecule has 1 atom stereocenters. The Bertz CT molecular complexity index is 834. The Hall–Kier alpha value is -2.41. The van der Waals surface area contributed by atoms with Crippen LogP contribution in [0, 0.1) is 6.92 Å². The van der Waals surface area contributed by atoms with Crippen molar-refractivity contribution in [3.8, 4) is 11.6 Å². The van der Waals surface area contributed by atoms with Gasteiger partial charge in [-0.05, 0) is 50.9 Å². The molecule has 0 saturated carbocycles. The third-order valence-electron chi connectivity index (χ3n) is 5.40. The van der Waals surface area contributed by atoms with E-state index in [0.29, 0.717) is 17.8 Å². The molecule has 4 rings (SSSR count). The van der Waals surface area contributed by atoms with Crippen LogP contribution in [0.5, 0.6) is 0 Å². The summed E-state index contributed by atoms with van der Waals surface area (Å²) in [5.41, 5.74) is 2.14. The average Bonchev–Trinajstić information content (AvgIpc) is 3.38. The molecule has 1 aliphatic heterocycles. The van der Waals surface area contributed by atoms with Crippen LogP contribution in [0.1, 0.15) is 37.3 Å². The van der Waals surface area contributed by atoms with Gasteiger partial charge in [-0.25, -0.2) is 0 Å². The van der Waals surface area contributed by atoms with Crippen molar-refractivity contribution in [1.29, 1.82) is 0 Å². The van der Waals surface area contributed by atoms with Gasteiger partial charge in [0.1, 0.15) is 5.69 Å². The lowest BCUT2D eigenvalue weighted by Gasteiger charge is -2.34. The molecule has 138 valence electrons. The second kappa shape index (κ2) is 7.45. The van der Waals surface area contributed by atoms with Crippen molar-refractivity contribution in [2.75, 3.05) is 6.54 Å².